The average Bonchev–Trinajstić information content (AvgIpc) is 3.57. The van der Waals surface area contributed by atoms with Crippen molar-refractivity contribution < 1.29 is 4.79 Å². The highest BCUT2D eigenvalue weighted by Crippen LogP contribution is 2.27. The summed E-state index contributed by atoms with van der Waals surface area (Å²) >= 11 is 15.2. The molecule has 5 rings (SSSR count). The number of nitrogens with one attached hydrogen (secondary N) is 1. The minimum Gasteiger partial charge on any atom is -0.350 e. The number of nitrogens with zero attached hydrogens (tertiary/aromatic N) is 4. The van der Waals surface area contributed by atoms with Gasteiger partial charge in [0.15, 0.2) is 5.16 Å². The SMILES string of the molecule is O=C(NCCc1ccc(Cl)cc1Cl)c1csc(CSc2nnc(Cc3ccccc3)n2-c2ccccc2)n1. The fourth-order valence-electron chi connectivity index (χ4n) is 3.86. The van der Waals surface area contributed by atoms with E-state index >= 15 is 0 Å². The Kier molecular flexibility index (Phi) is 8.75. The Bertz CT molecular complexity index is 1520. The second kappa shape index (κ2) is 12.6. The summed E-state index contributed by atoms with van der Waals surface area (Å²) in [6.07, 6.45) is 1.28. The van der Waals surface area contributed by atoms with Gasteiger partial charge in [0.25, 0.3) is 5.91 Å². The van der Waals surface area contributed by atoms with Crippen LogP contribution in [0.25, 0.3) is 5.69 Å². The van der Waals surface area contributed by atoms with Crippen LogP contribution in [0.3, 0.4) is 0 Å². The molecule has 3 aromatic carbocycles. The van der Waals surface area contributed by atoms with E-state index in [9.17, 15) is 4.79 Å². The molecule has 5 aromatic rings. The normalized spacial score (nSPS) is 11.0. The fourth-order valence-corrected chi connectivity index (χ4v) is 6.12. The van der Waals surface area contributed by atoms with Crippen molar-refractivity contribution in [3.05, 3.63) is 122 Å². The zero-order valence-electron chi connectivity index (χ0n) is 20.2. The largest absolute Gasteiger partial charge is 0.350 e. The number of amides is 1. The minimum atomic E-state index is -0.208. The molecule has 1 amide bonds. The van der Waals surface area contributed by atoms with Crippen LogP contribution in [0.2, 0.25) is 10.0 Å². The lowest BCUT2D eigenvalue weighted by molar-refractivity contribution is 0.0949. The van der Waals surface area contributed by atoms with Crippen LogP contribution < -0.4 is 5.32 Å². The predicted octanol–water partition coefficient (Wildman–Crippen LogP) is 6.89. The maximum atomic E-state index is 12.6. The number of benzene rings is 3. The highest BCUT2D eigenvalue weighted by molar-refractivity contribution is 7.98. The molecule has 0 bridgehead atoms. The van der Waals surface area contributed by atoms with Crippen LogP contribution in [0.15, 0.2) is 89.4 Å². The number of carbonyl (C=O) groups excluding carboxylic acids is 1. The van der Waals surface area contributed by atoms with Gasteiger partial charge < -0.3 is 5.32 Å². The van der Waals surface area contributed by atoms with E-state index in [1.165, 1.54) is 16.9 Å². The number of para-hydroxylation sites is 1. The van der Waals surface area contributed by atoms with Crippen molar-refractivity contribution in [1.29, 1.82) is 0 Å². The van der Waals surface area contributed by atoms with E-state index in [4.69, 9.17) is 23.2 Å². The first-order chi connectivity index (χ1) is 18.6. The molecule has 6 nitrogen and oxygen atoms in total. The lowest BCUT2D eigenvalue weighted by Gasteiger charge is -2.10. The van der Waals surface area contributed by atoms with Crippen LogP contribution in [0.5, 0.6) is 0 Å². The maximum Gasteiger partial charge on any atom is 0.270 e. The van der Waals surface area contributed by atoms with Crippen molar-refractivity contribution >= 4 is 52.2 Å². The standard InChI is InChI=1S/C28H23Cl2N5OS2/c29-21-12-11-20(23(30)16-21)13-14-31-27(36)24-17-37-26(32-24)18-38-28-34-33-25(15-19-7-3-1-4-8-19)35(28)22-9-5-2-6-10-22/h1-12,16-17H,13-15,18H2,(H,31,36). The molecule has 2 aromatic heterocycles. The zero-order chi connectivity index (χ0) is 26.3. The molecule has 0 aliphatic carbocycles. The first kappa shape index (κ1) is 26.4. The van der Waals surface area contributed by atoms with Crippen LogP contribution >= 0.6 is 46.3 Å². The van der Waals surface area contributed by atoms with Gasteiger partial charge in [0.1, 0.15) is 16.5 Å². The Labute approximate surface area is 239 Å². The topological polar surface area (TPSA) is 72.7 Å². The Morgan fingerprint density at radius 3 is 2.50 bits per heavy atom. The van der Waals surface area contributed by atoms with Gasteiger partial charge in [0, 0.05) is 34.1 Å². The number of aromatic nitrogens is 4. The van der Waals surface area contributed by atoms with Crippen molar-refractivity contribution in [1.82, 2.24) is 25.1 Å². The van der Waals surface area contributed by atoms with Crippen LogP contribution in [0, 0.1) is 0 Å². The van der Waals surface area contributed by atoms with E-state index in [0.717, 1.165) is 27.2 Å². The van der Waals surface area contributed by atoms with Gasteiger partial charge in [-0.2, -0.15) is 0 Å². The zero-order valence-corrected chi connectivity index (χ0v) is 23.3. The maximum absolute atomic E-state index is 12.6. The van der Waals surface area contributed by atoms with Gasteiger partial charge in [0.2, 0.25) is 0 Å². The van der Waals surface area contributed by atoms with Crippen molar-refractivity contribution in [3.8, 4) is 5.69 Å². The third-order valence-electron chi connectivity index (χ3n) is 5.72. The van der Waals surface area contributed by atoms with Crippen molar-refractivity contribution in [2.75, 3.05) is 6.54 Å². The van der Waals surface area contributed by atoms with Crippen LogP contribution in [0.1, 0.15) is 32.4 Å². The quantitative estimate of drug-likeness (QED) is 0.182. The molecule has 0 aliphatic heterocycles. The summed E-state index contributed by atoms with van der Waals surface area (Å²) in [5.74, 6) is 1.24. The van der Waals surface area contributed by atoms with Gasteiger partial charge in [-0.15, -0.1) is 21.5 Å². The van der Waals surface area contributed by atoms with Gasteiger partial charge >= 0.3 is 0 Å². The fraction of sp³-hybridized carbons (Fsp3) is 0.143. The van der Waals surface area contributed by atoms with Crippen LogP contribution in [0.4, 0.5) is 0 Å². The third kappa shape index (κ3) is 6.63. The molecule has 0 radical (unpaired) electrons. The summed E-state index contributed by atoms with van der Waals surface area (Å²) in [6.45, 7) is 0.451. The molecular formula is C28H23Cl2N5OS2. The lowest BCUT2D eigenvalue weighted by Crippen LogP contribution is -2.26. The summed E-state index contributed by atoms with van der Waals surface area (Å²) in [6, 6.07) is 25.7. The molecule has 2 heterocycles. The molecule has 38 heavy (non-hydrogen) atoms. The second-order valence-electron chi connectivity index (χ2n) is 8.39. The van der Waals surface area contributed by atoms with Gasteiger partial charge in [-0.1, -0.05) is 89.6 Å². The second-order valence-corrected chi connectivity index (χ2v) is 11.1. The lowest BCUT2D eigenvalue weighted by atomic mass is 10.1. The number of hydrogen-bond acceptors (Lipinski definition) is 6. The van der Waals surface area contributed by atoms with Crippen LogP contribution in [-0.2, 0) is 18.6 Å². The molecule has 192 valence electrons. The Morgan fingerprint density at radius 2 is 1.74 bits per heavy atom. The molecule has 0 aliphatic rings. The number of halogens is 2. The molecule has 10 heteroatoms. The summed E-state index contributed by atoms with van der Waals surface area (Å²) in [4.78, 5) is 17.2. The number of carbonyl (C=O) groups is 1. The summed E-state index contributed by atoms with van der Waals surface area (Å²) in [7, 11) is 0. The minimum absolute atomic E-state index is 0.208. The van der Waals surface area contributed by atoms with E-state index in [1.54, 1.807) is 29.3 Å². The van der Waals surface area contributed by atoms with Gasteiger partial charge in [-0.05, 0) is 41.8 Å². The first-order valence-electron chi connectivity index (χ1n) is 11.9. The smallest absolute Gasteiger partial charge is 0.270 e. The van der Waals surface area contributed by atoms with Crippen molar-refractivity contribution in [2.24, 2.45) is 0 Å². The average molecular weight is 581 g/mol. The Morgan fingerprint density at radius 1 is 0.974 bits per heavy atom. The molecule has 0 fully saturated rings. The van der Waals surface area contributed by atoms with Crippen molar-refractivity contribution in [2.45, 2.75) is 23.8 Å². The van der Waals surface area contributed by atoms with E-state index in [1.807, 2.05) is 54.6 Å². The monoisotopic (exact) mass is 579 g/mol. The van der Waals surface area contributed by atoms with E-state index < -0.39 is 0 Å². The molecular weight excluding hydrogens is 557 g/mol. The van der Waals surface area contributed by atoms with Gasteiger partial charge in [-0.25, -0.2) is 4.98 Å². The highest BCUT2D eigenvalue weighted by Gasteiger charge is 2.17. The molecule has 0 unspecified atom stereocenters. The first-order valence-corrected chi connectivity index (χ1v) is 14.5. The number of thiazole rings is 1. The Hall–Kier alpha value is -3.17. The number of hydrogen-bond donors (Lipinski definition) is 1. The molecule has 0 spiro atoms. The summed E-state index contributed by atoms with van der Waals surface area (Å²) in [5.41, 5.74) is 3.51. The predicted molar refractivity (Wildman–Crippen MR) is 155 cm³/mol. The number of thioether (sulfide) groups is 1. The number of rotatable bonds is 10. The molecule has 0 atom stereocenters. The van der Waals surface area contributed by atoms with Gasteiger partial charge in [-0.3, -0.25) is 9.36 Å². The van der Waals surface area contributed by atoms with Gasteiger partial charge in [0.05, 0.1) is 5.75 Å². The third-order valence-corrected chi connectivity index (χ3v) is 8.28. The highest BCUT2D eigenvalue weighted by atomic mass is 35.5. The van der Waals surface area contributed by atoms with E-state index in [0.29, 0.717) is 40.9 Å². The van der Waals surface area contributed by atoms with E-state index in [-0.39, 0.29) is 5.91 Å². The molecule has 0 saturated heterocycles. The molecule has 0 saturated carbocycles. The Balaban J connectivity index is 1.23. The van der Waals surface area contributed by atoms with E-state index in [2.05, 4.69) is 37.2 Å². The summed E-state index contributed by atoms with van der Waals surface area (Å²) < 4.78 is 2.08. The van der Waals surface area contributed by atoms with Crippen LogP contribution in [-0.4, -0.2) is 32.2 Å². The molecule has 1 N–H and O–H groups in total. The summed E-state index contributed by atoms with van der Waals surface area (Å²) in [5, 5.41) is 16.5. The van der Waals surface area contributed by atoms with Crippen molar-refractivity contribution in [3.63, 3.8) is 0 Å².